The van der Waals surface area contributed by atoms with Gasteiger partial charge in [-0.3, -0.25) is 4.68 Å². The van der Waals surface area contributed by atoms with Crippen molar-refractivity contribution in [3.05, 3.63) is 17.5 Å². The van der Waals surface area contributed by atoms with Crippen LogP contribution < -0.4 is 5.32 Å². The first-order valence-electron chi connectivity index (χ1n) is 5.69. The molecule has 0 amide bonds. The SMILES string of the molecule is CCOC[C@H]1CNCc2cn(CC)nc21. The van der Waals surface area contributed by atoms with Crippen molar-refractivity contribution < 1.29 is 4.74 Å². The molecule has 1 N–H and O–H groups in total. The molecule has 1 aromatic heterocycles. The number of nitrogens with one attached hydrogen (secondary N) is 1. The first kappa shape index (κ1) is 10.6. The maximum absolute atomic E-state index is 5.48. The molecule has 1 aliphatic heterocycles. The molecule has 1 atom stereocenters. The average Bonchev–Trinajstić information content (AvgIpc) is 2.69. The minimum absolute atomic E-state index is 0.418. The summed E-state index contributed by atoms with van der Waals surface area (Å²) >= 11 is 0. The van der Waals surface area contributed by atoms with E-state index in [0.717, 1.165) is 32.8 Å². The Labute approximate surface area is 90.6 Å². The highest BCUT2D eigenvalue weighted by Gasteiger charge is 2.23. The lowest BCUT2D eigenvalue weighted by Gasteiger charge is -2.21. The van der Waals surface area contributed by atoms with Gasteiger partial charge in [-0.25, -0.2) is 0 Å². The van der Waals surface area contributed by atoms with Crippen LogP contribution in [0.1, 0.15) is 31.0 Å². The van der Waals surface area contributed by atoms with Gasteiger partial charge in [-0.1, -0.05) is 0 Å². The van der Waals surface area contributed by atoms with Crippen LogP contribution in [0.3, 0.4) is 0 Å². The molecule has 0 saturated carbocycles. The Kier molecular flexibility index (Phi) is 3.38. The van der Waals surface area contributed by atoms with Crippen LogP contribution in [0.25, 0.3) is 0 Å². The second-order valence-corrected chi connectivity index (χ2v) is 3.88. The number of nitrogens with zero attached hydrogens (tertiary/aromatic N) is 2. The molecular formula is C11H19N3O. The highest BCUT2D eigenvalue weighted by atomic mass is 16.5. The summed E-state index contributed by atoms with van der Waals surface area (Å²) in [7, 11) is 0. The van der Waals surface area contributed by atoms with Gasteiger partial charge in [-0.05, 0) is 13.8 Å². The molecule has 0 aliphatic carbocycles. The molecule has 0 bridgehead atoms. The van der Waals surface area contributed by atoms with Gasteiger partial charge in [0.15, 0.2) is 0 Å². The molecule has 0 unspecified atom stereocenters. The molecule has 4 heteroatoms. The molecule has 4 nitrogen and oxygen atoms in total. The fraction of sp³-hybridized carbons (Fsp3) is 0.727. The van der Waals surface area contributed by atoms with Crippen LogP contribution in [0, 0.1) is 0 Å². The smallest absolute Gasteiger partial charge is 0.0736 e. The predicted molar refractivity (Wildman–Crippen MR) is 58.8 cm³/mol. The lowest BCUT2D eigenvalue weighted by molar-refractivity contribution is 0.128. The van der Waals surface area contributed by atoms with Crippen LogP contribution in [0.2, 0.25) is 0 Å². The van der Waals surface area contributed by atoms with Crippen molar-refractivity contribution in [3.8, 4) is 0 Å². The number of hydrogen-bond acceptors (Lipinski definition) is 3. The molecule has 84 valence electrons. The molecule has 2 heterocycles. The quantitative estimate of drug-likeness (QED) is 0.808. The van der Waals surface area contributed by atoms with E-state index in [9.17, 15) is 0 Å². The fourth-order valence-corrected chi connectivity index (χ4v) is 2.00. The second kappa shape index (κ2) is 4.77. The maximum atomic E-state index is 5.48. The zero-order valence-electron chi connectivity index (χ0n) is 9.49. The molecular weight excluding hydrogens is 190 g/mol. The van der Waals surface area contributed by atoms with Crippen LogP contribution in [-0.2, 0) is 17.8 Å². The van der Waals surface area contributed by atoms with Crippen LogP contribution >= 0.6 is 0 Å². The number of aryl methyl sites for hydroxylation is 1. The van der Waals surface area contributed by atoms with Gasteiger partial charge in [0.1, 0.15) is 0 Å². The van der Waals surface area contributed by atoms with Gasteiger partial charge in [0.2, 0.25) is 0 Å². The topological polar surface area (TPSA) is 39.1 Å². The first-order valence-corrected chi connectivity index (χ1v) is 5.69. The van der Waals surface area contributed by atoms with E-state index in [2.05, 4.69) is 23.5 Å². The first-order chi connectivity index (χ1) is 7.35. The third-order valence-corrected chi connectivity index (χ3v) is 2.81. The average molecular weight is 209 g/mol. The summed E-state index contributed by atoms with van der Waals surface area (Å²) in [6, 6.07) is 0. The van der Waals surface area contributed by atoms with E-state index in [1.807, 2.05) is 11.6 Å². The van der Waals surface area contributed by atoms with Crippen molar-refractivity contribution in [1.29, 1.82) is 0 Å². The Morgan fingerprint density at radius 1 is 1.60 bits per heavy atom. The normalized spacial score (nSPS) is 20.3. The van der Waals surface area contributed by atoms with E-state index in [0.29, 0.717) is 5.92 Å². The van der Waals surface area contributed by atoms with Gasteiger partial charge in [0.05, 0.1) is 12.3 Å². The largest absolute Gasteiger partial charge is 0.381 e. The standard InChI is InChI=1S/C11H19N3O/c1-3-14-7-9-5-12-6-10(8-15-4-2)11(9)13-14/h7,10,12H,3-6,8H2,1-2H3/t10-/m1/s1. The highest BCUT2D eigenvalue weighted by molar-refractivity contribution is 5.24. The lowest BCUT2D eigenvalue weighted by atomic mass is 9.99. The van der Waals surface area contributed by atoms with E-state index in [4.69, 9.17) is 4.74 Å². The summed E-state index contributed by atoms with van der Waals surface area (Å²) in [5, 5.41) is 8.00. The van der Waals surface area contributed by atoms with Gasteiger partial charge in [-0.15, -0.1) is 0 Å². The van der Waals surface area contributed by atoms with Crippen molar-refractivity contribution in [2.75, 3.05) is 19.8 Å². The summed E-state index contributed by atoms with van der Waals surface area (Å²) in [4.78, 5) is 0. The zero-order valence-corrected chi connectivity index (χ0v) is 9.49. The molecule has 0 saturated heterocycles. The van der Waals surface area contributed by atoms with E-state index < -0.39 is 0 Å². The highest BCUT2D eigenvalue weighted by Crippen LogP contribution is 2.22. The van der Waals surface area contributed by atoms with Crippen molar-refractivity contribution in [2.24, 2.45) is 0 Å². The number of hydrogen-bond donors (Lipinski definition) is 1. The summed E-state index contributed by atoms with van der Waals surface area (Å²) in [5.41, 5.74) is 2.55. The van der Waals surface area contributed by atoms with E-state index in [1.165, 1.54) is 11.3 Å². The molecule has 0 aromatic carbocycles. The summed E-state index contributed by atoms with van der Waals surface area (Å²) < 4.78 is 7.49. The van der Waals surface area contributed by atoms with Gasteiger partial charge in [0, 0.05) is 43.9 Å². The summed E-state index contributed by atoms with van der Waals surface area (Å²) in [5.74, 6) is 0.418. The van der Waals surface area contributed by atoms with Crippen LogP contribution in [0.15, 0.2) is 6.20 Å². The van der Waals surface area contributed by atoms with Crippen molar-refractivity contribution in [2.45, 2.75) is 32.9 Å². The summed E-state index contributed by atoms with van der Waals surface area (Å²) in [6.07, 6.45) is 2.14. The Bertz CT molecular complexity index is 322. The fourth-order valence-electron chi connectivity index (χ4n) is 2.00. The molecule has 2 rings (SSSR count). The third-order valence-electron chi connectivity index (χ3n) is 2.81. The lowest BCUT2D eigenvalue weighted by Crippen LogP contribution is -2.30. The molecule has 0 radical (unpaired) electrons. The summed E-state index contributed by atoms with van der Waals surface area (Å²) in [6.45, 7) is 8.56. The Morgan fingerprint density at radius 3 is 3.20 bits per heavy atom. The zero-order chi connectivity index (χ0) is 10.7. The van der Waals surface area contributed by atoms with Gasteiger partial charge in [0.25, 0.3) is 0 Å². The van der Waals surface area contributed by atoms with Gasteiger partial charge >= 0.3 is 0 Å². The van der Waals surface area contributed by atoms with Gasteiger partial charge in [-0.2, -0.15) is 5.10 Å². The Hall–Kier alpha value is -0.870. The van der Waals surface area contributed by atoms with Crippen LogP contribution in [-0.4, -0.2) is 29.5 Å². The van der Waals surface area contributed by atoms with E-state index in [-0.39, 0.29) is 0 Å². The maximum Gasteiger partial charge on any atom is 0.0736 e. The van der Waals surface area contributed by atoms with Gasteiger partial charge < -0.3 is 10.1 Å². The monoisotopic (exact) mass is 209 g/mol. The van der Waals surface area contributed by atoms with Crippen molar-refractivity contribution >= 4 is 0 Å². The van der Waals surface area contributed by atoms with Crippen molar-refractivity contribution in [3.63, 3.8) is 0 Å². The predicted octanol–water partition coefficient (Wildman–Crippen LogP) is 1.13. The molecule has 15 heavy (non-hydrogen) atoms. The van der Waals surface area contributed by atoms with Crippen LogP contribution in [0.5, 0.6) is 0 Å². The number of fused-ring (bicyclic) bond motifs is 1. The minimum atomic E-state index is 0.418. The van der Waals surface area contributed by atoms with E-state index in [1.54, 1.807) is 0 Å². The molecule has 0 fully saturated rings. The number of aromatic nitrogens is 2. The Morgan fingerprint density at radius 2 is 2.47 bits per heavy atom. The van der Waals surface area contributed by atoms with E-state index >= 15 is 0 Å². The Balaban J connectivity index is 2.14. The molecule has 0 spiro atoms. The minimum Gasteiger partial charge on any atom is -0.381 e. The molecule has 1 aromatic rings. The van der Waals surface area contributed by atoms with Crippen LogP contribution in [0.4, 0.5) is 0 Å². The number of ether oxygens (including phenoxy) is 1. The second-order valence-electron chi connectivity index (χ2n) is 3.88. The molecule has 1 aliphatic rings. The number of rotatable bonds is 4. The third kappa shape index (κ3) is 2.21. The van der Waals surface area contributed by atoms with Crippen molar-refractivity contribution in [1.82, 2.24) is 15.1 Å².